The van der Waals surface area contributed by atoms with Crippen molar-refractivity contribution < 1.29 is 9.18 Å². The van der Waals surface area contributed by atoms with Gasteiger partial charge in [0.05, 0.1) is 16.3 Å². The van der Waals surface area contributed by atoms with Gasteiger partial charge < -0.3 is 0 Å². The van der Waals surface area contributed by atoms with Crippen LogP contribution in [0.4, 0.5) is 15.8 Å². The lowest BCUT2D eigenvalue weighted by Gasteiger charge is -2.16. The van der Waals surface area contributed by atoms with Crippen LogP contribution < -0.4 is 4.90 Å². The molecule has 0 N–H and O–H groups in total. The van der Waals surface area contributed by atoms with E-state index in [0.29, 0.717) is 5.57 Å². The maximum Gasteiger partial charge on any atom is 0.263 e. The summed E-state index contributed by atoms with van der Waals surface area (Å²) in [5.74, 6) is -0.657. The summed E-state index contributed by atoms with van der Waals surface area (Å²) < 4.78 is 14.2. The molecule has 0 fully saturated rings. The van der Waals surface area contributed by atoms with Crippen molar-refractivity contribution in [2.24, 2.45) is 0 Å². The molecule has 4 heteroatoms. The van der Waals surface area contributed by atoms with E-state index < -0.39 is 5.82 Å². The molecular weight excluding hydrogens is 337 g/mol. The number of carbonyl (C=O) groups is 1. The van der Waals surface area contributed by atoms with E-state index in [4.69, 9.17) is 11.6 Å². The highest BCUT2D eigenvalue weighted by molar-refractivity contribution is 6.39. The lowest BCUT2D eigenvalue weighted by atomic mass is 10.0. The number of carbonyl (C=O) groups excluding carboxylic acids is 1. The van der Waals surface area contributed by atoms with Gasteiger partial charge in [0.2, 0.25) is 0 Å². The Balaban J connectivity index is 1.91. The molecule has 0 saturated heterocycles. The Morgan fingerprint density at radius 2 is 1.60 bits per heavy atom. The molecule has 0 bridgehead atoms. The lowest BCUT2D eigenvalue weighted by Crippen LogP contribution is -2.20. The van der Waals surface area contributed by atoms with Gasteiger partial charge in [-0.25, -0.2) is 4.39 Å². The van der Waals surface area contributed by atoms with Crippen molar-refractivity contribution in [1.29, 1.82) is 0 Å². The summed E-state index contributed by atoms with van der Waals surface area (Å²) in [6, 6.07) is 21.3. The average Bonchev–Trinajstić information content (AvgIpc) is 2.91. The fraction of sp³-hybridized carbons (Fsp3) is 0. The fourth-order valence-electron chi connectivity index (χ4n) is 3.01. The number of fused-ring (bicyclic) bond motifs is 1. The van der Waals surface area contributed by atoms with Crippen LogP contribution in [0.2, 0.25) is 5.02 Å². The molecular formula is C21H13ClFNO. The minimum atomic E-state index is -0.455. The molecule has 1 heterocycles. The molecule has 0 unspecified atom stereocenters. The molecule has 0 saturated carbocycles. The second-order valence-corrected chi connectivity index (χ2v) is 6.09. The van der Waals surface area contributed by atoms with Gasteiger partial charge >= 0.3 is 0 Å². The Morgan fingerprint density at radius 3 is 2.36 bits per heavy atom. The van der Waals surface area contributed by atoms with Crippen molar-refractivity contribution in [2.45, 2.75) is 0 Å². The van der Waals surface area contributed by atoms with Crippen LogP contribution >= 0.6 is 11.6 Å². The van der Waals surface area contributed by atoms with Crippen molar-refractivity contribution in [1.82, 2.24) is 0 Å². The monoisotopic (exact) mass is 349 g/mol. The number of nitrogens with zero attached hydrogens (tertiary/aromatic N) is 1. The second-order valence-electron chi connectivity index (χ2n) is 5.69. The summed E-state index contributed by atoms with van der Waals surface area (Å²) in [5.41, 5.74) is 2.94. The van der Waals surface area contributed by atoms with E-state index >= 15 is 0 Å². The molecule has 2 nitrogen and oxygen atoms in total. The number of amides is 1. The van der Waals surface area contributed by atoms with Gasteiger partial charge in [0.25, 0.3) is 5.91 Å². The number of benzene rings is 3. The largest absolute Gasteiger partial charge is 0.276 e. The maximum absolute atomic E-state index is 14.2. The molecule has 3 aromatic carbocycles. The quantitative estimate of drug-likeness (QED) is 0.543. The van der Waals surface area contributed by atoms with Crippen LogP contribution in [0.5, 0.6) is 0 Å². The average molecular weight is 350 g/mol. The van der Waals surface area contributed by atoms with E-state index in [-0.39, 0.29) is 16.5 Å². The van der Waals surface area contributed by atoms with Crippen molar-refractivity contribution in [3.05, 3.63) is 94.8 Å². The molecule has 4 rings (SSSR count). The molecule has 1 amide bonds. The Hall–Kier alpha value is -2.91. The minimum Gasteiger partial charge on any atom is -0.276 e. The number of rotatable bonds is 2. The molecule has 1 aliphatic rings. The Bertz CT molecular complexity index is 978. The van der Waals surface area contributed by atoms with Crippen molar-refractivity contribution in [2.75, 3.05) is 4.90 Å². The Labute approximate surface area is 149 Å². The van der Waals surface area contributed by atoms with Gasteiger partial charge in [0, 0.05) is 16.8 Å². The van der Waals surface area contributed by atoms with E-state index in [0.717, 1.165) is 16.9 Å². The van der Waals surface area contributed by atoms with Crippen LogP contribution in [-0.4, -0.2) is 5.91 Å². The van der Waals surface area contributed by atoms with Crippen LogP contribution in [-0.2, 0) is 4.79 Å². The highest BCUT2D eigenvalue weighted by atomic mass is 35.5. The Morgan fingerprint density at radius 1 is 0.880 bits per heavy atom. The summed E-state index contributed by atoms with van der Waals surface area (Å²) >= 11 is 6.13. The van der Waals surface area contributed by atoms with Gasteiger partial charge in [-0.2, -0.15) is 0 Å². The molecule has 1 aliphatic heterocycles. The molecule has 0 aromatic heterocycles. The molecule has 122 valence electrons. The number of hydrogen-bond acceptors (Lipinski definition) is 1. The first-order valence-electron chi connectivity index (χ1n) is 7.81. The first kappa shape index (κ1) is 15.6. The van der Waals surface area contributed by atoms with E-state index in [2.05, 4.69) is 0 Å². The second kappa shape index (κ2) is 6.19. The van der Waals surface area contributed by atoms with E-state index in [1.807, 2.05) is 54.6 Å². The predicted molar refractivity (Wildman–Crippen MR) is 99.3 cm³/mol. The summed E-state index contributed by atoms with van der Waals surface area (Å²) in [7, 11) is 0. The number of hydrogen-bond donors (Lipinski definition) is 0. The first-order chi connectivity index (χ1) is 12.2. The van der Waals surface area contributed by atoms with Crippen LogP contribution in [0.3, 0.4) is 0 Å². The SMILES string of the molecule is O=C1/C(=C/c2c(F)cccc2Cl)c2ccccc2N1c1ccccc1. The zero-order valence-electron chi connectivity index (χ0n) is 13.1. The highest BCUT2D eigenvalue weighted by Crippen LogP contribution is 2.42. The third kappa shape index (κ3) is 2.63. The molecule has 0 spiro atoms. The first-order valence-corrected chi connectivity index (χ1v) is 8.19. The molecule has 3 aromatic rings. The van der Waals surface area contributed by atoms with Crippen LogP contribution in [0.25, 0.3) is 11.6 Å². The van der Waals surface area contributed by atoms with Crippen LogP contribution in [0.15, 0.2) is 72.8 Å². The third-order valence-electron chi connectivity index (χ3n) is 4.17. The standard InChI is InChI=1S/C21H13ClFNO/c22-18-10-6-11-19(23)17(18)13-16-15-9-4-5-12-20(15)24(21(16)25)14-7-2-1-3-8-14/h1-13H/b16-13+. The van der Waals surface area contributed by atoms with Crippen molar-refractivity contribution in [3.63, 3.8) is 0 Å². The number of halogens is 2. The summed E-state index contributed by atoms with van der Waals surface area (Å²) in [6.45, 7) is 0. The molecule has 0 radical (unpaired) electrons. The number of para-hydroxylation sites is 2. The molecule has 0 aliphatic carbocycles. The fourth-order valence-corrected chi connectivity index (χ4v) is 3.22. The van der Waals surface area contributed by atoms with Crippen LogP contribution in [0, 0.1) is 5.82 Å². The predicted octanol–water partition coefficient (Wildman–Crippen LogP) is 5.70. The van der Waals surface area contributed by atoms with E-state index in [1.54, 1.807) is 17.0 Å². The highest BCUT2D eigenvalue weighted by Gasteiger charge is 2.33. The number of anilines is 2. The summed E-state index contributed by atoms with van der Waals surface area (Å²) in [6.07, 6.45) is 1.53. The van der Waals surface area contributed by atoms with Gasteiger partial charge in [-0.3, -0.25) is 9.69 Å². The summed E-state index contributed by atoms with van der Waals surface area (Å²) in [5, 5.41) is 0.274. The normalized spacial score (nSPS) is 14.9. The van der Waals surface area contributed by atoms with Crippen molar-refractivity contribution in [3.8, 4) is 0 Å². The van der Waals surface area contributed by atoms with Crippen LogP contribution in [0.1, 0.15) is 11.1 Å². The smallest absolute Gasteiger partial charge is 0.263 e. The maximum atomic E-state index is 14.2. The molecule has 0 atom stereocenters. The van der Waals surface area contributed by atoms with Gasteiger partial charge in [-0.15, -0.1) is 0 Å². The topological polar surface area (TPSA) is 20.3 Å². The van der Waals surface area contributed by atoms with Gasteiger partial charge in [0.15, 0.2) is 0 Å². The Kier molecular flexibility index (Phi) is 3.86. The van der Waals surface area contributed by atoms with Crippen molar-refractivity contribution >= 4 is 40.5 Å². The minimum absolute atomic E-state index is 0.202. The van der Waals surface area contributed by atoms with Gasteiger partial charge in [-0.1, -0.05) is 54.1 Å². The van der Waals surface area contributed by atoms with Gasteiger partial charge in [-0.05, 0) is 36.4 Å². The third-order valence-corrected chi connectivity index (χ3v) is 4.50. The van der Waals surface area contributed by atoms with Gasteiger partial charge in [0.1, 0.15) is 5.82 Å². The summed E-state index contributed by atoms with van der Waals surface area (Å²) in [4.78, 5) is 14.7. The zero-order chi connectivity index (χ0) is 17.4. The lowest BCUT2D eigenvalue weighted by molar-refractivity contribution is -0.112. The zero-order valence-corrected chi connectivity index (χ0v) is 13.9. The van der Waals surface area contributed by atoms with E-state index in [9.17, 15) is 9.18 Å². The molecule has 25 heavy (non-hydrogen) atoms. The van der Waals surface area contributed by atoms with E-state index in [1.165, 1.54) is 12.1 Å².